The minimum Gasteiger partial charge on any atom is -0.466 e. The van der Waals surface area contributed by atoms with Gasteiger partial charge in [0.15, 0.2) is 0 Å². The summed E-state index contributed by atoms with van der Waals surface area (Å²) in [7, 11) is 0. The van der Waals surface area contributed by atoms with E-state index in [4.69, 9.17) is 9.47 Å². The molecule has 1 amide bonds. The smallest absolute Gasteiger partial charge is 0.312 e. The van der Waals surface area contributed by atoms with Crippen molar-refractivity contribution in [3.8, 4) is 0 Å². The van der Waals surface area contributed by atoms with E-state index < -0.39 is 17.4 Å². The third-order valence-electron chi connectivity index (χ3n) is 5.23. The summed E-state index contributed by atoms with van der Waals surface area (Å²) < 4.78 is 11.2. The van der Waals surface area contributed by atoms with E-state index in [0.29, 0.717) is 19.7 Å². The molecule has 0 aliphatic carbocycles. The zero-order valence-corrected chi connectivity index (χ0v) is 13.9. The maximum absolute atomic E-state index is 13.0. The van der Waals surface area contributed by atoms with E-state index in [2.05, 4.69) is 0 Å². The van der Waals surface area contributed by atoms with E-state index in [1.165, 1.54) is 5.56 Å². The maximum atomic E-state index is 13.0. The van der Waals surface area contributed by atoms with Gasteiger partial charge in [0.25, 0.3) is 0 Å². The second-order valence-electron chi connectivity index (χ2n) is 6.83. The van der Waals surface area contributed by atoms with Gasteiger partial charge in [-0.1, -0.05) is 42.0 Å². The van der Waals surface area contributed by atoms with Crippen molar-refractivity contribution < 1.29 is 19.1 Å². The van der Waals surface area contributed by atoms with Crippen LogP contribution in [0.5, 0.6) is 0 Å². The standard InChI is InChI=1S/C19H21NO4/c1-3-23-18(22)15-14-8-9-19(24-14)11-20(17(21)16(15)19)10-13-6-4-12(2)5-7-13/h4-9,14-16H,3,10-11H2,1-2H3/t14-,15+,16+,19+/m1/s1. The zero-order chi connectivity index (χ0) is 16.9. The molecule has 0 saturated carbocycles. The monoisotopic (exact) mass is 327 g/mol. The SMILES string of the molecule is CCOC(=O)[C@@H]1[C@H]2C(=O)N(Cc3ccc(C)cc3)C[C@@]23C=C[C@H]1O3. The highest BCUT2D eigenvalue weighted by atomic mass is 16.6. The van der Waals surface area contributed by atoms with Crippen molar-refractivity contribution in [1.82, 2.24) is 4.90 Å². The number of likely N-dealkylation sites (tertiary alicyclic amines) is 1. The van der Waals surface area contributed by atoms with Gasteiger partial charge in [-0.3, -0.25) is 9.59 Å². The molecule has 0 N–H and O–H groups in total. The van der Waals surface area contributed by atoms with Crippen LogP contribution in [0.25, 0.3) is 0 Å². The van der Waals surface area contributed by atoms with Crippen molar-refractivity contribution in [2.45, 2.75) is 32.1 Å². The highest BCUT2D eigenvalue weighted by Crippen LogP contribution is 2.52. The molecule has 0 radical (unpaired) electrons. The predicted molar refractivity (Wildman–Crippen MR) is 87.0 cm³/mol. The molecule has 2 saturated heterocycles. The minimum absolute atomic E-state index is 0.0134. The number of hydrogen-bond donors (Lipinski definition) is 0. The molecule has 4 atom stereocenters. The van der Waals surface area contributed by atoms with E-state index >= 15 is 0 Å². The zero-order valence-electron chi connectivity index (χ0n) is 13.9. The Bertz CT molecular complexity index is 711. The molecule has 5 nitrogen and oxygen atoms in total. The largest absolute Gasteiger partial charge is 0.466 e. The number of carbonyl (C=O) groups excluding carboxylic acids is 2. The molecule has 24 heavy (non-hydrogen) atoms. The van der Waals surface area contributed by atoms with Gasteiger partial charge in [0.05, 0.1) is 25.2 Å². The first-order valence-corrected chi connectivity index (χ1v) is 8.42. The number of amides is 1. The van der Waals surface area contributed by atoms with E-state index in [9.17, 15) is 9.59 Å². The molecule has 3 aliphatic rings. The summed E-state index contributed by atoms with van der Waals surface area (Å²) in [6, 6.07) is 8.15. The first-order valence-electron chi connectivity index (χ1n) is 8.42. The predicted octanol–water partition coefficient (Wildman–Crippen LogP) is 1.84. The number of benzene rings is 1. The number of hydrogen-bond acceptors (Lipinski definition) is 4. The highest BCUT2D eigenvalue weighted by molar-refractivity contribution is 5.91. The Hall–Kier alpha value is -2.14. The van der Waals surface area contributed by atoms with E-state index in [0.717, 1.165) is 5.56 Å². The summed E-state index contributed by atoms with van der Waals surface area (Å²) in [6.45, 7) is 5.15. The molecule has 3 heterocycles. The van der Waals surface area contributed by atoms with Gasteiger partial charge in [0.2, 0.25) is 5.91 Å². The number of esters is 1. The lowest BCUT2D eigenvalue weighted by molar-refractivity contribution is -0.153. The topological polar surface area (TPSA) is 55.8 Å². The summed E-state index contributed by atoms with van der Waals surface area (Å²) in [5.74, 6) is -1.33. The lowest BCUT2D eigenvalue weighted by Crippen LogP contribution is -2.40. The van der Waals surface area contributed by atoms with Gasteiger partial charge in [-0.05, 0) is 19.4 Å². The number of aryl methyl sites for hydroxylation is 1. The van der Waals surface area contributed by atoms with Gasteiger partial charge >= 0.3 is 5.97 Å². The van der Waals surface area contributed by atoms with Crippen molar-refractivity contribution in [3.63, 3.8) is 0 Å². The average Bonchev–Trinajstić information content (AvgIpc) is 3.19. The Balaban J connectivity index is 1.58. The molecule has 0 unspecified atom stereocenters. The molecular formula is C19H21NO4. The second kappa shape index (κ2) is 5.45. The Morgan fingerprint density at radius 1 is 1.38 bits per heavy atom. The van der Waals surface area contributed by atoms with Crippen LogP contribution in [0.4, 0.5) is 0 Å². The molecule has 3 aliphatic heterocycles. The van der Waals surface area contributed by atoms with Gasteiger partial charge in [0.1, 0.15) is 11.5 Å². The fourth-order valence-corrected chi connectivity index (χ4v) is 4.13. The Morgan fingerprint density at radius 2 is 2.12 bits per heavy atom. The summed E-state index contributed by atoms with van der Waals surface area (Å²) in [4.78, 5) is 27.1. The van der Waals surface area contributed by atoms with Gasteiger partial charge in [0, 0.05) is 6.54 Å². The molecule has 4 rings (SSSR count). The van der Waals surface area contributed by atoms with Crippen LogP contribution >= 0.6 is 0 Å². The minimum atomic E-state index is -0.663. The molecule has 1 aromatic rings. The first-order chi connectivity index (χ1) is 11.5. The molecular weight excluding hydrogens is 306 g/mol. The van der Waals surface area contributed by atoms with Crippen LogP contribution in [-0.2, 0) is 25.6 Å². The normalized spacial score (nSPS) is 33.2. The first kappa shape index (κ1) is 15.4. The second-order valence-corrected chi connectivity index (χ2v) is 6.83. The summed E-state index contributed by atoms with van der Waals surface area (Å²) >= 11 is 0. The van der Waals surface area contributed by atoms with Gasteiger partial charge in [-0.15, -0.1) is 0 Å². The molecule has 2 bridgehead atoms. The fraction of sp³-hybridized carbons (Fsp3) is 0.474. The molecule has 0 aromatic heterocycles. The van der Waals surface area contributed by atoms with Crippen LogP contribution in [-0.4, -0.2) is 41.6 Å². The molecule has 1 spiro atoms. The highest BCUT2D eigenvalue weighted by Gasteiger charge is 2.67. The summed E-state index contributed by atoms with van der Waals surface area (Å²) in [5.41, 5.74) is 1.61. The van der Waals surface area contributed by atoms with Crippen LogP contribution in [0.3, 0.4) is 0 Å². The number of fused-ring (bicyclic) bond motifs is 1. The van der Waals surface area contributed by atoms with Gasteiger partial charge in [-0.25, -0.2) is 0 Å². The number of nitrogens with zero attached hydrogens (tertiary/aromatic N) is 1. The summed E-state index contributed by atoms with van der Waals surface area (Å²) in [5, 5.41) is 0. The molecule has 5 heteroatoms. The quantitative estimate of drug-likeness (QED) is 0.625. The molecule has 2 fully saturated rings. The molecule has 126 valence electrons. The van der Waals surface area contributed by atoms with Gasteiger partial charge in [-0.2, -0.15) is 0 Å². The van der Waals surface area contributed by atoms with Crippen molar-refractivity contribution in [2.75, 3.05) is 13.2 Å². The number of rotatable bonds is 4. The van der Waals surface area contributed by atoms with Crippen LogP contribution in [0.1, 0.15) is 18.1 Å². The average molecular weight is 327 g/mol. The lowest BCUT2D eigenvalue weighted by atomic mass is 9.77. The van der Waals surface area contributed by atoms with Crippen LogP contribution in [0.15, 0.2) is 36.4 Å². The van der Waals surface area contributed by atoms with E-state index in [1.54, 1.807) is 11.8 Å². The molecule has 1 aromatic carbocycles. The Morgan fingerprint density at radius 3 is 2.83 bits per heavy atom. The fourth-order valence-electron chi connectivity index (χ4n) is 4.13. The van der Waals surface area contributed by atoms with Crippen molar-refractivity contribution >= 4 is 11.9 Å². The van der Waals surface area contributed by atoms with Crippen LogP contribution in [0.2, 0.25) is 0 Å². The maximum Gasteiger partial charge on any atom is 0.312 e. The van der Waals surface area contributed by atoms with Crippen molar-refractivity contribution in [1.29, 1.82) is 0 Å². The number of ether oxygens (including phenoxy) is 2. The van der Waals surface area contributed by atoms with Crippen LogP contribution in [0, 0.1) is 18.8 Å². The van der Waals surface area contributed by atoms with Crippen molar-refractivity contribution in [3.05, 3.63) is 47.5 Å². The number of carbonyl (C=O) groups is 2. The van der Waals surface area contributed by atoms with Gasteiger partial charge < -0.3 is 14.4 Å². The third-order valence-corrected chi connectivity index (χ3v) is 5.23. The van der Waals surface area contributed by atoms with E-state index in [-0.39, 0.29) is 18.0 Å². The Labute approximate surface area is 141 Å². The summed E-state index contributed by atoms with van der Waals surface area (Å²) in [6.07, 6.45) is 3.53. The van der Waals surface area contributed by atoms with Crippen molar-refractivity contribution in [2.24, 2.45) is 11.8 Å². The lowest BCUT2D eigenvalue weighted by Gasteiger charge is -2.22. The Kier molecular flexibility index (Phi) is 3.49. The van der Waals surface area contributed by atoms with Crippen LogP contribution < -0.4 is 0 Å². The third kappa shape index (κ3) is 2.18. The van der Waals surface area contributed by atoms with E-state index in [1.807, 2.05) is 43.3 Å².